The average molecular weight is 373 g/mol. The van der Waals surface area contributed by atoms with Crippen LogP contribution in [0.2, 0.25) is 0 Å². The van der Waals surface area contributed by atoms with Crippen molar-refractivity contribution in [3.8, 4) is 5.75 Å². The normalized spacial score (nSPS) is 11.1. The summed E-state index contributed by atoms with van der Waals surface area (Å²) in [7, 11) is 0. The molecule has 0 saturated carbocycles. The molecule has 28 heavy (non-hydrogen) atoms. The molecule has 0 fully saturated rings. The van der Waals surface area contributed by atoms with Gasteiger partial charge in [0.25, 0.3) is 0 Å². The van der Waals surface area contributed by atoms with Crippen molar-refractivity contribution in [3.63, 3.8) is 0 Å². The molecule has 0 aliphatic heterocycles. The number of carbonyl (C=O) groups is 1. The molecule has 3 rings (SSSR count). The van der Waals surface area contributed by atoms with Crippen LogP contribution in [0.1, 0.15) is 46.8 Å². The Hall–Kier alpha value is -3.40. The van der Waals surface area contributed by atoms with Gasteiger partial charge in [0.2, 0.25) is 0 Å². The maximum atomic E-state index is 10.9. The summed E-state index contributed by atoms with van der Waals surface area (Å²) < 4.78 is 5.95. The van der Waals surface area contributed by atoms with E-state index in [1.807, 2.05) is 48.7 Å². The summed E-state index contributed by atoms with van der Waals surface area (Å²) >= 11 is 0. The number of rotatable bonds is 7. The number of hydrogen-bond acceptors (Lipinski definition) is 3. The van der Waals surface area contributed by atoms with Crippen molar-refractivity contribution in [2.45, 2.75) is 26.4 Å². The summed E-state index contributed by atoms with van der Waals surface area (Å²) in [4.78, 5) is 15.6. The third-order valence-corrected chi connectivity index (χ3v) is 4.42. The van der Waals surface area contributed by atoms with E-state index in [0.29, 0.717) is 12.5 Å². The first-order valence-electron chi connectivity index (χ1n) is 9.21. The second-order valence-electron chi connectivity index (χ2n) is 6.80. The van der Waals surface area contributed by atoms with Gasteiger partial charge in [-0.25, -0.2) is 4.79 Å². The number of benzene rings is 3. The Kier molecular flexibility index (Phi) is 6.22. The standard InChI is InChI=1S/C24H23NO3/c1-17(2)21-8-4-5-9-22(21)25-15-20-7-3-6-10-23(20)28-16-18-11-13-19(14-12-18)24(26)27/h3-15,17H,16H2,1-2H3,(H,26,27). The van der Waals surface area contributed by atoms with Gasteiger partial charge in [0, 0.05) is 11.8 Å². The molecule has 0 radical (unpaired) electrons. The third kappa shape index (κ3) is 4.86. The minimum absolute atomic E-state index is 0.264. The van der Waals surface area contributed by atoms with Gasteiger partial charge in [-0.2, -0.15) is 0 Å². The number of hydrogen-bond donors (Lipinski definition) is 1. The van der Waals surface area contributed by atoms with Crippen molar-refractivity contribution in [1.29, 1.82) is 0 Å². The van der Waals surface area contributed by atoms with Crippen LogP contribution in [0, 0.1) is 0 Å². The van der Waals surface area contributed by atoms with E-state index >= 15 is 0 Å². The van der Waals surface area contributed by atoms with Crippen LogP contribution in [-0.2, 0) is 6.61 Å². The number of aromatic carboxylic acids is 1. The van der Waals surface area contributed by atoms with E-state index in [-0.39, 0.29) is 5.56 Å². The van der Waals surface area contributed by atoms with Gasteiger partial charge >= 0.3 is 5.97 Å². The Morgan fingerprint density at radius 1 is 1.00 bits per heavy atom. The van der Waals surface area contributed by atoms with Gasteiger partial charge in [-0.15, -0.1) is 0 Å². The largest absolute Gasteiger partial charge is 0.488 e. The SMILES string of the molecule is CC(C)c1ccccc1N=Cc1ccccc1OCc1ccc(C(=O)O)cc1. The third-order valence-electron chi connectivity index (χ3n) is 4.42. The maximum absolute atomic E-state index is 10.9. The first-order valence-corrected chi connectivity index (χ1v) is 9.21. The van der Waals surface area contributed by atoms with Crippen LogP contribution in [0.5, 0.6) is 5.75 Å². The topological polar surface area (TPSA) is 58.9 Å². The Balaban J connectivity index is 1.75. The summed E-state index contributed by atoms with van der Waals surface area (Å²) in [5, 5.41) is 8.98. The molecule has 0 spiro atoms. The zero-order valence-corrected chi connectivity index (χ0v) is 16.0. The molecular formula is C24H23NO3. The molecular weight excluding hydrogens is 350 g/mol. The number of para-hydroxylation sites is 2. The molecule has 4 nitrogen and oxygen atoms in total. The van der Waals surface area contributed by atoms with E-state index in [2.05, 4.69) is 24.9 Å². The van der Waals surface area contributed by atoms with Crippen LogP contribution < -0.4 is 4.74 Å². The number of carboxylic acids is 1. The molecule has 4 heteroatoms. The zero-order valence-electron chi connectivity index (χ0n) is 16.0. The molecule has 142 valence electrons. The zero-order chi connectivity index (χ0) is 19.9. The molecule has 1 N–H and O–H groups in total. The van der Waals surface area contributed by atoms with E-state index in [1.54, 1.807) is 24.3 Å². The lowest BCUT2D eigenvalue weighted by Gasteiger charge is -2.10. The second-order valence-corrected chi connectivity index (χ2v) is 6.80. The van der Waals surface area contributed by atoms with E-state index in [1.165, 1.54) is 5.56 Å². The summed E-state index contributed by atoms with van der Waals surface area (Å²) in [6.07, 6.45) is 1.82. The van der Waals surface area contributed by atoms with Crippen LogP contribution in [0.4, 0.5) is 5.69 Å². The van der Waals surface area contributed by atoms with E-state index in [4.69, 9.17) is 9.84 Å². The summed E-state index contributed by atoms with van der Waals surface area (Å²) in [5.74, 6) is 0.194. The minimum Gasteiger partial charge on any atom is -0.488 e. The van der Waals surface area contributed by atoms with Crippen LogP contribution in [0.3, 0.4) is 0 Å². The quantitative estimate of drug-likeness (QED) is 0.529. The van der Waals surface area contributed by atoms with Gasteiger partial charge in [0.05, 0.1) is 11.3 Å². The van der Waals surface area contributed by atoms with E-state index < -0.39 is 5.97 Å². The van der Waals surface area contributed by atoms with Gasteiger partial charge in [0.15, 0.2) is 0 Å². The number of nitrogens with zero attached hydrogens (tertiary/aromatic N) is 1. The van der Waals surface area contributed by atoms with Gasteiger partial charge < -0.3 is 9.84 Å². The van der Waals surface area contributed by atoms with Crippen molar-refractivity contribution < 1.29 is 14.6 Å². The average Bonchev–Trinajstić information content (AvgIpc) is 2.71. The first kappa shape index (κ1) is 19.4. The molecule has 0 aromatic heterocycles. The molecule has 0 amide bonds. The number of aliphatic imine (C=N–C) groups is 1. The molecule has 0 heterocycles. The lowest BCUT2D eigenvalue weighted by atomic mass is 10.0. The molecule has 0 saturated heterocycles. The van der Waals surface area contributed by atoms with Crippen LogP contribution >= 0.6 is 0 Å². The highest BCUT2D eigenvalue weighted by molar-refractivity contribution is 5.87. The Labute approximate surface area is 165 Å². The predicted octanol–water partition coefficient (Wildman–Crippen LogP) is 5.84. The van der Waals surface area contributed by atoms with Crippen LogP contribution in [-0.4, -0.2) is 17.3 Å². The van der Waals surface area contributed by atoms with Crippen LogP contribution in [0.15, 0.2) is 77.8 Å². The number of carboxylic acid groups (broad SMARTS) is 1. The highest BCUT2D eigenvalue weighted by Crippen LogP contribution is 2.27. The maximum Gasteiger partial charge on any atom is 0.335 e. The lowest BCUT2D eigenvalue weighted by Crippen LogP contribution is -2.00. The number of ether oxygens (including phenoxy) is 1. The van der Waals surface area contributed by atoms with Crippen molar-refractivity contribution in [3.05, 3.63) is 95.1 Å². The Bertz CT molecular complexity index is 975. The fraction of sp³-hybridized carbons (Fsp3) is 0.167. The molecule has 3 aromatic rings. The molecule has 0 aliphatic rings. The Morgan fingerprint density at radius 2 is 1.68 bits per heavy atom. The van der Waals surface area contributed by atoms with E-state index in [0.717, 1.165) is 22.6 Å². The highest BCUT2D eigenvalue weighted by Gasteiger charge is 2.06. The van der Waals surface area contributed by atoms with Crippen molar-refractivity contribution in [2.24, 2.45) is 4.99 Å². The monoisotopic (exact) mass is 373 g/mol. The molecule has 3 aromatic carbocycles. The van der Waals surface area contributed by atoms with Gasteiger partial charge in [-0.1, -0.05) is 56.3 Å². The summed E-state index contributed by atoms with van der Waals surface area (Å²) in [6, 6.07) is 22.5. The minimum atomic E-state index is -0.935. The first-order chi connectivity index (χ1) is 13.5. The molecule has 0 unspecified atom stereocenters. The van der Waals surface area contributed by atoms with Crippen LogP contribution in [0.25, 0.3) is 0 Å². The Morgan fingerprint density at radius 3 is 2.39 bits per heavy atom. The predicted molar refractivity (Wildman–Crippen MR) is 112 cm³/mol. The highest BCUT2D eigenvalue weighted by atomic mass is 16.5. The summed E-state index contributed by atoms with van der Waals surface area (Å²) in [6.45, 7) is 4.66. The molecule has 0 bridgehead atoms. The van der Waals surface area contributed by atoms with Gasteiger partial charge in [-0.05, 0) is 47.4 Å². The summed E-state index contributed by atoms with van der Waals surface area (Å²) in [5.41, 5.74) is 4.22. The van der Waals surface area contributed by atoms with Gasteiger partial charge in [0.1, 0.15) is 12.4 Å². The van der Waals surface area contributed by atoms with E-state index in [9.17, 15) is 4.79 Å². The molecule has 0 aliphatic carbocycles. The second kappa shape index (κ2) is 9.00. The smallest absolute Gasteiger partial charge is 0.335 e. The fourth-order valence-electron chi connectivity index (χ4n) is 2.86. The van der Waals surface area contributed by atoms with Crippen molar-refractivity contribution >= 4 is 17.9 Å². The fourth-order valence-corrected chi connectivity index (χ4v) is 2.86. The van der Waals surface area contributed by atoms with Gasteiger partial charge in [-0.3, -0.25) is 4.99 Å². The molecule has 0 atom stereocenters. The lowest BCUT2D eigenvalue weighted by molar-refractivity contribution is 0.0697. The van der Waals surface area contributed by atoms with Crippen molar-refractivity contribution in [1.82, 2.24) is 0 Å². The van der Waals surface area contributed by atoms with Crippen molar-refractivity contribution in [2.75, 3.05) is 0 Å².